The highest BCUT2D eigenvalue weighted by Gasteiger charge is 2.24. The van der Waals surface area contributed by atoms with Gasteiger partial charge in [-0.2, -0.15) is 5.10 Å². The summed E-state index contributed by atoms with van der Waals surface area (Å²) >= 11 is 0. The van der Waals surface area contributed by atoms with Crippen LogP contribution < -0.4 is 10.1 Å². The van der Waals surface area contributed by atoms with Gasteiger partial charge in [0, 0.05) is 28.0 Å². The molecule has 0 saturated carbocycles. The predicted molar refractivity (Wildman–Crippen MR) is 93.5 cm³/mol. The normalized spacial score (nSPS) is 14.5. The lowest BCUT2D eigenvalue weighted by atomic mass is 10.0. The molecule has 0 spiro atoms. The molecule has 5 nitrogen and oxygen atoms in total. The average molecular weight is 317 g/mol. The Morgan fingerprint density at radius 2 is 1.88 bits per heavy atom. The first-order valence-electron chi connectivity index (χ1n) is 7.56. The highest BCUT2D eigenvalue weighted by molar-refractivity contribution is 6.35. The highest BCUT2D eigenvalue weighted by atomic mass is 16.5. The monoisotopic (exact) mass is 317 g/mol. The molecule has 118 valence electrons. The van der Waals surface area contributed by atoms with Crippen LogP contribution in [0.15, 0.2) is 54.7 Å². The van der Waals surface area contributed by atoms with Crippen molar-refractivity contribution in [3.63, 3.8) is 0 Å². The molecule has 5 heteroatoms. The molecule has 1 aromatic heterocycles. The van der Waals surface area contributed by atoms with Crippen LogP contribution in [0.5, 0.6) is 5.75 Å². The van der Waals surface area contributed by atoms with Gasteiger partial charge < -0.3 is 10.1 Å². The SMILES string of the molecule is COc1ccc(-c2[nH]ncc2C=C2C(=O)Nc3ccccc32)cc1. The minimum absolute atomic E-state index is 0.0990. The molecule has 4 rings (SSSR count). The lowest BCUT2D eigenvalue weighted by Crippen LogP contribution is -2.03. The summed E-state index contributed by atoms with van der Waals surface area (Å²) in [6.45, 7) is 0. The minimum Gasteiger partial charge on any atom is -0.497 e. The molecule has 1 aliphatic heterocycles. The van der Waals surface area contributed by atoms with E-state index in [9.17, 15) is 4.79 Å². The molecule has 0 radical (unpaired) electrons. The number of benzene rings is 2. The summed E-state index contributed by atoms with van der Waals surface area (Å²) in [7, 11) is 1.64. The van der Waals surface area contributed by atoms with Gasteiger partial charge >= 0.3 is 0 Å². The zero-order valence-electron chi connectivity index (χ0n) is 13.0. The van der Waals surface area contributed by atoms with E-state index < -0.39 is 0 Å². The summed E-state index contributed by atoms with van der Waals surface area (Å²) in [5.41, 5.74) is 5.09. The van der Waals surface area contributed by atoms with Crippen molar-refractivity contribution >= 4 is 23.2 Å². The van der Waals surface area contributed by atoms with Crippen LogP contribution in [0.3, 0.4) is 0 Å². The van der Waals surface area contributed by atoms with Crippen molar-refractivity contribution in [2.45, 2.75) is 0 Å². The van der Waals surface area contributed by atoms with Crippen LogP contribution in [0.25, 0.3) is 22.9 Å². The second-order valence-electron chi connectivity index (χ2n) is 5.49. The Balaban J connectivity index is 1.76. The zero-order valence-corrected chi connectivity index (χ0v) is 13.0. The number of aromatic amines is 1. The van der Waals surface area contributed by atoms with Gasteiger partial charge in [0.1, 0.15) is 5.75 Å². The molecule has 0 aliphatic carbocycles. The number of anilines is 1. The second kappa shape index (κ2) is 5.70. The van der Waals surface area contributed by atoms with E-state index >= 15 is 0 Å². The Bertz CT molecular complexity index is 939. The van der Waals surface area contributed by atoms with Crippen LogP contribution in [0.4, 0.5) is 5.69 Å². The standard InChI is InChI=1S/C19H15N3O2/c1-24-14-8-6-12(7-9-14)18-13(11-20-22-18)10-16-15-4-2-3-5-17(15)21-19(16)23/h2-11H,1H3,(H,20,22)(H,21,23). The summed E-state index contributed by atoms with van der Waals surface area (Å²) in [5, 5.41) is 10.0. The number of para-hydroxylation sites is 1. The Hall–Kier alpha value is -3.34. The molecule has 1 aliphatic rings. The smallest absolute Gasteiger partial charge is 0.256 e. The van der Waals surface area contributed by atoms with Gasteiger partial charge in [0.2, 0.25) is 0 Å². The fourth-order valence-corrected chi connectivity index (χ4v) is 2.83. The quantitative estimate of drug-likeness (QED) is 0.726. The highest BCUT2D eigenvalue weighted by Crippen LogP contribution is 2.34. The molecule has 0 fully saturated rings. The van der Waals surface area contributed by atoms with Crippen LogP contribution >= 0.6 is 0 Å². The van der Waals surface area contributed by atoms with Crippen LogP contribution in [0.1, 0.15) is 11.1 Å². The number of methoxy groups -OCH3 is 1. The van der Waals surface area contributed by atoms with E-state index in [1.165, 1.54) is 0 Å². The molecule has 0 saturated heterocycles. The van der Waals surface area contributed by atoms with Gasteiger partial charge in [0.05, 0.1) is 19.0 Å². The predicted octanol–water partition coefficient (Wildman–Crippen LogP) is 3.58. The number of nitrogens with zero attached hydrogens (tertiary/aromatic N) is 1. The number of fused-ring (bicyclic) bond motifs is 1. The van der Waals surface area contributed by atoms with Crippen molar-refractivity contribution in [3.8, 4) is 17.0 Å². The van der Waals surface area contributed by atoms with E-state index in [1.54, 1.807) is 13.3 Å². The zero-order chi connectivity index (χ0) is 16.5. The first kappa shape index (κ1) is 14.3. The lowest BCUT2D eigenvalue weighted by molar-refractivity contribution is -0.110. The summed E-state index contributed by atoms with van der Waals surface area (Å²) in [6.07, 6.45) is 3.59. The third-order valence-electron chi connectivity index (χ3n) is 4.06. The summed E-state index contributed by atoms with van der Waals surface area (Å²) < 4.78 is 5.19. The van der Waals surface area contributed by atoms with Crippen molar-refractivity contribution < 1.29 is 9.53 Å². The minimum atomic E-state index is -0.0990. The molecule has 3 aromatic rings. The van der Waals surface area contributed by atoms with E-state index in [-0.39, 0.29) is 5.91 Å². The number of aromatic nitrogens is 2. The van der Waals surface area contributed by atoms with Crippen LogP contribution in [0, 0.1) is 0 Å². The Labute approximate surface area is 139 Å². The van der Waals surface area contributed by atoms with Gasteiger partial charge in [-0.25, -0.2) is 0 Å². The number of amides is 1. The molecule has 2 heterocycles. The fraction of sp³-hybridized carbons (Fsp3) is 0.0526. The van der Waals surface area contributed by atoms with Gasteiger partial charge in [-0.05, 0) is 36.4 Å². The average Bonchev–Trinajstić information content (AvgIpc) is 3.20. The molecular formula is C19H15N3O2. The van der Waals surface area contributed by atoms with Crippen molar-refractivity contribution in [3.05, 3.63) is 65.9 Å². The molecule has 0 atom stereocenters. The molecule has 0 bridgehead atoms. The van der Waals surface area contributed by atoms with Crippen molar-refractivity contribution in [1.82, 2.24) is 10.2 Å². The fourth-order valence-electron chi connectivity index (χ4n) is 2.83. The second-order valence-corrected chi connectivity index (χ2v) is 5.49. The van der Waals surface area contributed by atoms with Crippen LogP contribution in [-0.2, 0) is 4.79 Å². The number of nitrogens with one attached hydrogen (secondary N) is 2. The molecule has 24 heavy (non-hydrogen) atoms. The van der Waals surface area contributed by atoms with Crippen molar-refractivity contribution in [2.24, 2.45) is 0 Å². The molecule has 2 N–H and O–H groups in total. The summed E-state index contributed by atoms with van der Waals surface area (Å²) in [4.78, 5) is 12.3. The third kappa shape index (κ3) is 2.36. The lowest BCUT2D eigenvalue weighted by Gasteiger charge is -2.03. The van der Waals surface area contributed by atoms with E-state index in [0.29, 0.717) is 5.57 Å². The maximum absolute atomic E-state index is 12.3. The number of carbonyl (C=O) groups is 1. The Kier molecular flexibility index (Phi) is 3.39. The maximum Gasteiger partial charge on any atom is 0.256 e. The van der Waals surface area contributed by atoms with Gasteiger partial charge in [-0.3, -0.25) is 9.89 Å². The number of ether oxygens (including phenoxy) is 1. The van der Waals surface area contributed by atoms with Crippen molar-refractivity contribution in [1.29, 1.82) is 0 Å². The number of hydrogen-bond acceptors (Lipinski definition) is 3. The van der Waals surface area contributed by atoms with Crippen LogP contribution in [-0.4, -0.2) is 23.2 Å². The third-order valence-corrected chi connectivity index (χ3v) is 4.06. The van der Waals surface area contributed by atoms with Crippen LogP contribution in [0.2, 0.25) is 0 Å². The first-order valence-corrected chi connectivity index (χ1v) is 7.56. The van der Waals surface area contributed by atoms with E-state index in [2.05, 4.69) is 15.5 Å². The van der Waals surface area contributed by atoms with Gasteiger partial charge in [0.15, 0.2) is 0 Å². The largest absolute Gasteiger partial charge is 0.497 e. The number of H-pyrrole nitrogens is 1. The number of rotatable bonds is 3. The molecule has 0 unspecified atom stereocenters. The summed E-state index contributed by atoms with van der Waals surface area (Å²) in [6, 6.07) is 15.4. The molecular weight excluding hydrogens is 302 g/mol. The summed E-state index contributed by atoms with van der Waals surface area (Å²) in [5.74, 6) is 0.695. The number of hydrogen-bond donors (Lipinski definition) is 2. The molecule has 2 aromatic carbocycles. The Morgan fingerprint density at radius 3 is 2.67 bits per heavy atom. The van der Waals surface area contributed by atoms with Crippen molar-refractivity contribution in [2.75, 3.05) is 12.4 Å². The van der Waals surface area contributed by atoms with Gasteiger partial charge in [-0.1, -0.05) is 18.2 Å². The first-order chi connectivity index (χ1) is 11.8. The number of carbonyl (C=O) groups excluding carboxylic acids is 1. The molecule has 1 amide bonds. The topological polar surface area (TPSA) is 67.0 Å². The van der Waals surface area contributed by atoms with E-state index in [1.807, 2.05) is 54.6 Å². The Morgan fingerprint density at radius 1 is 1.08 bits per heavy atom. The van der Waals surface area contributed by atoms with E-state index in [4.69, 9.17) is 4.74 Å². The van der Waals surface area contributed by atoms with Gasteiger partial charge in [-0.15, -0.1) is 0 Å². The maximum atomic E-state index is 12.3. The van der Waals surface area contributed by atoms with Gasteiger partial charge in [0.25, 0.3) is 5.91 Å². The van der Waals surface area contributed by atoms with E-state index in [0.717, 1.165) is 33.8 Å².